The lowest BCUT2D eigenvalue weighted by atomic mass is 10.0. The molecule has 5 nitrogen and oxygen atoms in total. The molecule has 118 valence electrons. The molecular formula is C16H20FN3O2. The number of nitrogens with one attached hydrogen (secondary N) is 1. The Labute approximate surface area is 128 Å². The van der Waals surface area contributed by atoms with Crippen LogP contribution >= 0.6 is 0 Å². The van der Waals surface area contributed by atoms with E-state index >= 15 is 0 Å². The van der Waals surface area contributed by atoms with Crippen LogP contribution in [0.2, 0.25) is 0 Å². The van der Waals surface area contributed by atoms with Crippen molar-refractivity contribution in [2.45, 2.75) is 26.3 Å². The highest BCUT2D eigenvalue weighted by Crippen LogP contribution is 2.13. The standard InChI is InChI=1S/C16H20FN3O2/c1-11(2)13(8-10-21)18-16(22)14-7-9-20(19-14)15-6-4-3-5-12(15)17/h3-7,9,11,13,21H,8,10H2,1-2H3,(H,18,22). The normalized spacial score (nSPS) is 12.4. The average molecular weight is 305 g/mol. The van der Waals surface area contributed by atoms with Gasteiger partial charge in [0.05, 0.1) is 0 Å². The Bertz CT molecular complexity index is 640. The Morgan fingerprint density at radius 2 is 2.09 bits per heavy atom. The molecule has 2 N–H and O–H groups in total. The Morgan fingerprint density at radius 3 is 2.73 bits per heavy atom. The van der Waals surface area contributed by atoms with E-state index in [9.17, 15) is 9.18 Å². The van der Waals surface area contributed by atoms with Crippen LogP contribution in [0.3, 0.4) is 0 Å². The number of nitrogens with zero attached hydrogens (tertiary/aromatic N) is 2. The minimum Gasteiger partial charge on any atom is -0.396 e. The van der Waals surface area contributed by atoms with Crippen LogP contribution in [0.25, 0.3) is 5.69 Å². The lowest BCUT2D eigenvalue weighted by Crippen LogP contribution is -2.39. The van der Waals surface area contributed by atoms with Crippen molar-refractivity contribution in [1.29, 1.82) is 0 Å². The van der Waals surface area contributed by atoms with Gasteiger partial charge in [0.2, 0.25) is 0 Å². The third-order valence-electron chi connectivity index (χ3n) is 3.48. The molecule has 0 aliphatic carbocycles. The van der Waals surface area contributed by atoms with Crippen molar-refractivity contribution in [3.05, 3.63) is 48.0 Å². The second kappa shape index (κ2) is 7.17. The molecule has 0 saturated carbocycles. The van der Waals surface area contributed by atoms with Gasteiger partial charge in [0.25, 0.3) is 5.91 Å². The number of halogens is 1. The van der Waals surface area contributed by atoms with Crippen molar-refractivity contribution >= 4 is 5.91 Å². The number of hydrogen-bond donors (Lipinski definition) is 2. The summed E-state index contributed by atoms with van der Waals surface area (Å²) in [6.45, 7) is 3.95. The van der Waals surface area contributed by atoms with Gasteiger partial charge in [-0.15, -0.1) is 0 Å². The van der Waals surface area contributed by atoms with Gasteiger partial charge < -0.3 is 10.4 Å². The van der Waals surface area contributed by atoms with Crippen LogP contribution in [0.4, 0.5) is 4.39 Å². The fourth-order valence-corrected chi connectivity index (χ4v) is 2.17. The van der Waals surface area contributed by atoms with E-state index in [2.05, 4.69) is 10.4 Å². The number of amides is 1. The third kappa shape index (κ3) is 3.71. The van der Waals surface area contributed by atoms with Crippen LogP contribution in [0.15, 0.2) is 36.5 Å². The van der Waals surface area contributed by atoms with Crippen molar-refractivity contribution in [2.24, 2.45) is 5.92 Å². The van der Waals surface area contributed by atoms with Gasteiger partial charge in [0.15, 0.2) is 5.69 Å². The van der Waals surface area contributed by atoms with Gasteiger partial charge >= 0.3 is 0 Å². The molecule has 0 bridgehead atoms. The zero-order valence-electron chi connectivity index (χ0n) is 12.7. The van der Waals surface area contributed by atoms with E-state index in [1.54, 1.807) is 24.4 Å². The fraction of sp³-hybridized carbons (Fsp3) is 0.375. The molecule has 1 heterocycles. The molecule has 2 rings (SSSR count). The van der Waals surface area contributed by atoms with E-state index in [4.69, 9.17) is 5.11 Å². The molecule has 1 unspecified atom stereocenters. The summed E-state index contributed by atoms with van der Waals surface area (Å²) in [5.41, 5.74) is 0.504. The summed E-state index contributed by atoms with van der Waals surface area (Å²) < 4.78 is 15.0. The van der Waals surface area contributed by atoms with Crippen LogP contribution in [0, 0.1) is 11.7 Å². The number of aromatic nitrogens is 2. The Kier molecular flexibility index (Phi) is 5.27. The topological polar surface area (TPSA) is 67.2 Å². The summed E-state index contributed by atoms with van der Waals surface area (Å²) in [4.78, 5) is 12.2. The van der Waals surface area contributed by atoms with Crippen molar-refractivity contribution in [1.82, 2.24) is 15.1 Å². The molecule has 0 saturated heterocycles. The first-order chi connectivity index (χ1) is 10.5. The third-order valence-corrected chi connectivity index (χ3v) is 3.48. The Morgan fingerprint density at radius 1 is 1.36 bits per heavy atom. The molecule has 1 aromatic heterocycles. The molecule has 1 atom stereocenters. The van der Waals surface area contributed by atoms with Crippen LogP contribution < -0.4 is 5.32 Å². The van der Waals surface area contributed by atoms with Crippen LogP contribution in [0.5, 0.6) is 0 Å². The SMILES string of the molecule is CC(C)C(CCO)NC(=O)c1ccn(-c2ccccc2F)n1. The molecule has 6 heteroatoms. The number of hydrogen-bond acceptors (Lipinski definition) is 3. The highest BCUT2D eigenvalue weighted by molar-refractivity contribution is 5.92. The molecule has 2 aromatic rings. The van der Waals surface area contributed by atoms with Gasteiger partial charge in [-0.3, -0.25) is 4.79 Å². The van der Waals surface area contributed by atoms with Crippen molar-refractivity contribution in [2.75, 3.05) is 6.61 Å². The highest BCUT2D eigenvalue weighted by atomic mass is 19.1. The maximum atomic E-state index is 13.7. The summed E-state index contributed by atoms with van der Waals surface area (Å²) in [5.74, 6) is -0.537. The molecule has 1 aromatic carbocycles. The van der Waals surface area contributed by atoms with Gasteiger partial charge in [-0.25, -0.2) is 9.07 Å². The number of carbonyl (C=O) groups is 1. The van der Waals surface area contributed by atoms with E-state index in [0.29, 0.717) is 6.42 Å². The number of benzene rings is 1. The quantitative estimate of drug-likeness (QED) is 0.859. The monoisotopic (exact) mass is 305 g/mol. The summed E-state index contributed by atoms with van der Waals surface area (Å²) in [6.07, 6.45) is 2.03. The average Bonchev–Trinajstić information content (AvgIpc) is 2.96. The maximum absolute atomic E-state index is 13.7. The predicted octanol–water partition coefficient (Wildman–Crippen LogP) is 2.15. The second-order valence-electron chi connectivity index (χ2n) is 5.43. The van der Waals surface area contributed by atoms with Crippen molar-refractivity contribution in [3.63, 3.8) is 0 Å². The molecule has 0 radical (unpaired) electrons. The fourth-order valence-electron chi connectivity index (χ4n) is 2.17. The summed E-state index contributed by atoms with van der Waals surface area (Å²) in [6, 6.07) is 7.64. The number of para-hydroxylation sites is 1. The largest absolute Gasteiger partial charge is 0.396 e. The summed E-state index contributed by atoms with van der Waals surface area (Å²) >= 11 is 0. The molecular weight excluding hydrogens is 285 g/mol. The maximum Gasteiger partial charge on any atom is 0.272 e. The number of aliphatic hydroxyl groups excluding tert-OH is 1. The molecule has 1 amide bonds. The zero-order chi connectivity index (χ0) is 16.1. The van der Waals surface area contributed by atoms with Crippen LogP contribution in [-0.4, -0.2) is 33.4 Å². The first kappa shape index (κ1) is 16.2. The van der Waals surface area contributed by atoms with Crippen LogP contribution in [0.1, 0.15) is 30.8 Å². The molecule has 0 spiro atoms. The molecule has 0 aliphatic rings. The summed E-state index contributed by atoms with van der Waals surface area (Å²) in [5, 5.41) is 16.0. The van der Waals surface area contributed by atoms with E-state index in [1.165, 1.54) is 16.8 Å². The highest BCUT2D eigenvalue weighted by Gasteiger charge is 2.18. The van der Waals surface area contributed by atoms with Crippen molar-refractivity contribution < 1.29 is 14.3 Å². The minimum absolute atomic E-state index is 0.00674. The zero-order valence-corrected chi connectivity index (χ0v) is 12.7. The van der Waals surface area contributed by atoms with Crippen LogP contribution in [-0.2, 0) is 0 Å². The van der Waals surface area contributed by atoms with E-state index in [0.717, 1.165) is 0 Å². The van der Waals surface area contributed by atoms with E-state index < -0.39 is 5.82 Å². The number of carbonyl (C=O) groups excluding carboxylic acids is 1. The Hall–Kier alpha value is -2.21. The first-order valence-corrected chi connectivity index (χ1v) is 7.25. The first-order valence-electron chi connectivity index (χ1n) is 7.25. The lowest BCUT2D eigenvalue weighted by Gasteiger charge is -2.20. The van der Waals surface area contributed by atoms with E-state index in [-0.39, 0.29) is 35.9 Å². The molecule has 0 fully saturated rings. The predicted molar refractivity (Wildman–Crippen MR) is 81.3 cm³/mol. The van der Waals surface area contributed by atoms with Gasteiger partial charge in [0.1, 0.15) is 11.5 Å². The van der Waals surface area contributed by atoms with Gasteiger partial charge in [-0.05, 0) is 30.5 Å². The minimum atomic E-state index is -0.405. The summed E-state index contributed by atoms with van der Waals surface area (Å²) in [7, 11) is 0. The van der Waals surface area contributed by atoms with Gasteiger partial charge in [-0.1, -0.05) is 26.0 Å². The molecule has 0 aliphatic heterocycles. The van der Waals surface area contributed by atoms with E-state index in [1.807, 2.05) is 13.8 Å². The van der Waals surface area contributed by atoms with Gasteiger partial charge in [-0.2, -0.15) is 5.10 Å². The Balaban J connectivity index is 2.14. The lowest BCUT2D eigenvalue weighted by molar-refractivity contribution is 0.0911. The van der Waals surface area contributed by atoms with Gasteiger partial charge in [0, 0.05) is 18.8 Å². The van der Waals surface area contributed by atoms with Crippen molar-refractivity contribution in [3.8, 4) is 5.69 Å². The second-order valence-corrected chi connectivity index (χ2v) is 5.43. The smallest absolute Gasteiger partial charge is 0.272 e. The number of rotatable bonds is 6. The number of aliphatic hydroxyl groups is 1. The molecule has 22 heavy (non-hydrogen) atoms.